The average Bonchev–Trinajstić information content (AvgIpc) is 2.58. The fraction of sp³-hybridized carbons (Fsp3) is 0.889. The van der Waals surface area contributed by atoms with E-state index < -0.39 is 0 Å². The van der Waals surface area contributed by atoms with E-state index >= 15 is 0 Å². The van der Waals surface area contributed by atoms with E-state index in [4.69, 9.17) is 0 Å². The van der Waals surface area contributed by atoms with E-state index in [1.54, 1.807) is 4.90 Å². The summed E-state index contributed by atoms with van der Waals surface area (Å²) in [7, 11) is 0. The molecular weight excluding hydrogens is 155 g/mol. The highest BCUT2D eigenvalue weighted by atomic mass is 19.1. The van der Waals surface area contributed by atoms with Crippen molar-refractivity contribution in [1.29, 1.82) is 0 Å². The summed E-state index contributed by atoms with van der Waals surface area (Å²) in [5.74, 6) is 0. The molecule has 0 saturated carbocycles. The largest absolute Gasteiger partial charge is 0.435 e. The summed E-state index contributed by atoms with van der Waals surface area (Å²) in [5.41, 5.74) is 0. The molecule has 1 aliphatic heterocycles. The highest BCUT2D eigenvalue weighted by Gasteiger charge is 2.22. The molecule has 0 aromatic carbocycles. The Morgan fingerprint density at radius 2 is 1.75 bits per heavy atom. The van der Waals surface area contributed by atoms with Crippen molar-refractivity contribution in [3.8, 4) is 0 Å². The SMILES string of the molecule is CCN(CC)C(F)=[N+]1CCCC1. The molecule has 0 aromatic rings. The maximum absolute atomic E-state index is 13.5. The number of hydrogen-bond acceptors (Lipinski definition) is 0. The van der Waals surface area contributed by atoms with Crippen molar-refractivity contribution in [2.75, 3.05) is 26.2 Å². The van der Waals surface area contributed by atoms with Crippen LogP contribution in [-0.2, 0) is 0 Å². The fourth-order valence-electron chi connectivity index (χ4n) is 1.59. The summed E-state index contributed by atoms with van der Waals surface area (Å²) in [6.07, 6.45) is 2.24. The van der Waals surface area contributed by atoms with Crippen molar-refractivity contribution in [1.82, 2.24) is 4.90 Å². The van der Waals surface area contributed by atoms with Crippen LogP contribution in [0, 0.1) is 0 Å². The second-order valence-electron chi connectivity index (χ2n) is 3.14. The second-order valence-corrected chi connectivity index (χ2v) is 3.14. The lowest BCUT2D eigenvalue weighted by Crippen LogP contribution is -2.34. The Labute approximate surface area is 73.7 Å². The first-order valence-electron chi connectivity index (χ1n) is 4.82. The molecule has 3 heteroatoms. The van der Waals surface area contributed by atoms with E-state index in [9.17, 15) is 4.39 Å². The zero-order chi connectivity index (χ0) is 8.97. The molecule has 1 aliphatic rings. The van der Waals surface area contributed by atoms with Crippen LogP contribution in [0.15, 0.2) is 0 Å². The van der Waals surface area contributed by atoms with Crippen molar-refractivity contribution >= 4 is 6.09 Å². The molecule has 1 heterocycles. The summed E-state index contributed by atoms with van der Waals surface area (Å²) >= 11 is 0. The quantitative estimate of drug-likeness (QED) is 0.348. The third-order valence-corrected chi connectivity index (χ3v) is 2.39. The predicted octanol–water partition coefficient (Wildman–Crippen LogP) is 1.46. The van der Waals surface area contributed by atoms with Gasteiger partial charge in [0.1, 0.15) is 0 Å². The molecule has 0 aliphatic carbocycles. The lowest BCUT2D eigenvalue weighted by molar-refractivity contribution is -0.517. The van der Waals surface area contributed by atoms with Crippen LogP contribution >= 0.6 is 0 Å². The van der Waals surface area contributed by atoms with Gasteiger partial charge >= 0.3 is 6.09 Å². The molecule has 1 rings (SSSR count). The Balaban J connectivity index is 2.64. The van der Waals surface area contributed by atoms with Gasteiger partial charge in [-0.25, -0.2) is 9.48 Å². The molecule has 0 radical (unpaired) electrons. The smallest absolute Gasteiger partial charge is 0.236 e. The molecule has 1 saturated heterocycles. The van der Waals surface area contributed by atoms with Gasteiger partial charge in [0.15, 0.2) is 0 Å². The Hall–Kier alpha value is -0.600. The first-order valence-corrected chi connectivity index (χ1v) is 4.82. The first kappa shape index (κ1) is 9.49. The molecule has 2 nitrogen and oxygen atoms in total. The van der Waals surface area contributed by atoms with Crippen molar-refractivity contribution in [3.63, 3.8) is 0 Å². The third kappa shape index (κ3) is 1.96. The third-order valence-electron chi connectivity index (χ3n) is 2.39. The van der Waals surface area contributed by atoms with E-state index in [1.807, 2.05) is 18.4 Å². The minimum atomic E-state index is -0.0301. The van der Waals surface area contributed by atoms with Gasteiger partial charge in [0.25, 0.3) is 0 Å². The zero-order valence-electron chi connectivity index (χ0n) is 8.02. The number of hydrogen-bond donors (Lipinski definition) is 0. The van der Waals surface area contributed by atoms with E-state index in [1.165, 1.54) is 0 Å². The van der Waals surface area contributed by atoms with E-state index in [0.717, 1.165) is 39.0 Å². The molecule has 0 unspecified atom stereocenters. The number of nitrogens with zero attached hydrogens (tertiary/aromatic N) is 2. The molecule has 0 atom stereocenters. The molecule has 12 heavy (non-hydrogen) atoms. The first-order chi connectivity index (χ1) is 5.79. The van der Waals surface area contributed by atoms with Crippen molar-refractivity contribution in [2.45, 2.75) is 26.7 Å². The number of rotatable bonds is 2. The molecule has 0 bridgehead atoms. The maximum Gasteiger partial charge on any atom is 0.435 e. The van der Waals surface area contributed by atoms with Gasteiger partial charge < -0.3 is 0 Å². The average molecular weight is 173 g/mol. The molecule has 0 amide bonds. The predicted molar refractivity (Wildman–Crippen MR) is 48.3 cm³/mol. The van der Waals surface area contributed by atoms with Crippen molar-refractivity contribution in [2.24, 2.45) is 0 Å². The van der Waals surface area contributed by atoms with Gasteiger partial charge in [-0.05, 0) is 26.7 Å². The number of halogens is 1. The monoisotopic (exact) mass is 173 g/mol. The molecule has 0 aromatic heterocycles. The van der Waals surface area contributed by atoms with Gasteiger partial charge in [0, 0.05) is 0 Å². The molecule has 1 fully saturated rings. The van der Waals surface area contributed by atoms with E-state index in [2.05, 4.69) is 0 Å². The van der Waals surface area contributed by atoms with Crippen LogP contribution in [0.1, 0.15) is 26.7 Å². The molecular formula is C9H18FN2+. The lowest BCUT2D eigenvalue weighted by atomic mass is 10.4. The van der Waals surface area contributed by atoms with Gasteiger partial charge in [0.05, 0.1) is 26.2 Å². The van der Waals surface area contributed by atoms with Crippen LogP contribution < -0.4 is 0 Å². The highest BCUT2D eigenvalue weighted by Crippen LogP contribution is 2.04. The van der Waals surface area contributed by atoms with Gasteiger partial charge in [-0.3, -0.25) is 0 Å². The fourth-order valence-corrected chi connectivity index (χ4v) is 1.59. The van der Waals surface area contributed by atoms with Crippen LogP contribution in [0.2, 0.25) is 0 Å². The van der Waals surface area contributed by atoms with Gasteiger partial charge in [0.2, 0.25) is 0 Å². The Morgan fingerprint density at radius 1 is 1.25 bits per heavy atom. The van der Waals surface area contributed by atoms with Crippen molar-refractivity contribution < 1.29 is 8.97 Å². The van der Waals surface area contributed by atoms with Gasteiger partial charge in [-0.15, -0.1) is 4.39 Å². The van der Waals surface area contributed by atoms with Gasteiger partial charge in [-0.2, -0.15) is 0 Å². The summed E-state index contributed by atoms with van der Waals surface area (Å²) in [6.45, 7) is 7.28. The van der Waals surface area contributed by atoms with Crippen molar-refractivity contribution in [3.05, 3.63) is 0 Å². The van der Waals surface area contributed by atoms with Crippen LogP contribution in [0.4, 0.5) is 4.39 Å². The molecule has 0 N–H and O–H groups in total. The van der Waals surface area contributed by atoms with Crippen LogP contribution in [0.3, 0.4) is 0 Å². The molecule has 0 spiro atoms. The normalized spacial score (nSPS) is 16.8. The summed E-state index contributed by atoms with van der Waals surface area (Å²) in [6, 6.07) is 0. The Kier molecular flexibility index (Phi) is 3.50. The van der Waals surface area contributed by atoms with Crippen LogP contribution in [0.5, 0.6) is 0 Å². The Morgan fingerprint density at radius 3 is 2.17 bits per heavy atom. The summed E-state index contributed by atoms with van der Waals surface area (Å²) in [5, 5.41) is 0. The zero-order valence-corrected chi connectivity index (χ0v) is 8.02. The topological polar surface area (TPSA) is 6.25 Å². The second kappa shape index (κ2) is 4.43. The minimum Gasteiger partial charge on any atom is -0.236 e. The van der Waals surface area contributed by atoms with Crippen LogP contribution in [-0.4, -0.2) is 41.7 Å². The lowest BCUT2D eigenvalue weighted by Gasteiger charge is -2.11. The van der Waals surface area contributed by atoms with Crippen LogP contribution in [0.25, 0.3) is 0 Å². The standard InChI is InChI=1S/C9H18FN2/c1-3-11(4-2)9(10)12-7-5-6-8-12/h3-8H2,1-2H3/q+1. The van der Waals surface area contributed by atoms with E-state index in [-0.39, 0.29) is 6.09 Å². The highest BCUT2D eigenvalue weighted by molar-refractivity contribution is 5.66. The van der Waals surface area contributed by atoms with E-state index in [0.29, 0.717) is 0 Å². The summed E-state index contributed by atoms with van der Waals surface area (Å²) in [4.78, 5) is 1.77. The summed E-state index contributed by atoms with van der Waals surface area (Å²) < 4.78 is 15.4. The molecule has 70 valence electrons. The Bertz CT molecular complexity index is 165. The van der Waals surface area contributed by atoms with Gasteiger partial charge in [-0.1, -0.05) is 0 Å². The number of amidine groups is 1. The minimum absolute atomic E-state index is 0.0301. The maximum atomic E-state index is 13.5.